The minimum absolute atomic E-state index is 0.263. The molecule has 2 heterocycles. The first kappa shape index (κ1) is 16.6. The zero-order valence-corrected chi connectivity index (χ0v) is 15.2. The summed E-state index contributed by atoms with van der Waals surface area (Å²) in [7, 11) is 0. The van der Waals surface area contributed by atoms with Gasteiger partial charge in [-0.2, -0.15) is 0 Å². The van der Waals surface area contributed by atoms with Gasteiger partial charge in [0.15, 0.2) is 0 Å². The second-order valence-electron chi connectivity index (χ2n) is 7.86. The highest BCUT2D eigenvalue weighted by atomic mass is 16.2. The Bertz CT molecular complexity index is 742. The van der Waals surface area contributed by atoms with Crippen LogP contribution in [0.15, 0.2) is 30.5 Å². The number of rotatable bonds is 6. The minimum Gasteiger partial charge on any atom is -0.361 e. The smallest absolute Gasteiger partial charge is 0.223 e. The molecule has 1 atom stereocenters. The van der Waals surface area contributed by atoms with Crippen molar-refractivity contribution >= 4 is 16.8 Å². The van der Waals surface area contributed by atoms with Crippen LogP contribution in [0.25, 0.3) is 10.9 Å². The minimum atomic E-state index is 0.263. The van der Waals surface area contributed by atoms with E-state index in [1.807, 2.05) is 6.07 Å². The van der Waals surface area contributed by atoms with E-state index in [-0.39, 0.29) is 11.8 Å². The van der Waals surface area contributed by atoms with Crippen molar-refractivity contribution in [2.24, 2.45) is 11.3 Å². The predicted octanol–water partition coefficient (Wildman–Crippen LogP) is 3.34. The first-order valence-electron chi connectivity index (χ1n) is 9.77. The van der Waals surface area contributed by atoms with Crippen molar-refractivity contribution in [3.05, 3.63) is 36.0 Å². The summed E-state index contributed by atoms with van der Waals surface area (Å²) in [5.41, 5.74) is 2.79. The van der Waals surface area contributed by atoms with Crippen LogP contribution in [0.1, 0.15) is 38.2 Å². The Balaban J connectivity index is 1.25. The third-order valence-corrected chi connectivity index (χ3v) is 6.27. The van der Waals surface area contributed by atoms with Gasteiger partial charge in [0.2, 0.25) is 5.91 Å². The largest absolute Gasteiger partial charge is 0.361 e. The molecule has 1 saturated carbocycles. The maximum atomic E-state index is 12.5. The van der Waals surface area contributed by atoms with Crippen LogP contribution in [0.4, 0.5) is 0 Å². The van der Waals surface area contributed by atoms with Crippen LogP contribution in [0.2, 0.25) is 0 Å². The zero-order chi connectivity index (χ0) is 17.3. The number of hydrogen-bond acceptors (Lipinski definition) is 2. The van der Waals surface area contributed by atoms with Gasteiger partial charge in [0, 0.05) is 29.6 Å². The molecule has 4 rings (SSSR count). The topological polar surface area (TPSA) is 48.1 Å². The average molecular weight is 339 g/mol. The van der Waals surface area contributed by atoms with Crippen LogP contribution >= 0.6 is 0 Å². The van der Waals surface area contributed by atoms with E-state index in [1.54, 1.807) is 0 Å². The summed E-state index contributed by atoms with van der Waals surface area (Å²) in [6.45, 7) is 6.53. The lowest BCUT2D eigenvalue weighted by molar-refractivity contribution is -0.123. The number of piperidine rings is 1. The van der Waals surface area contributed by atoms with Gasteiger partial charge in [0.05, 0.1) is 0 Å². The molecule has 2 N–H and O–H groups in total. The molecule has 2 fully saturated rings. The molecule has 134 valence electrons. The molecule has 1 saturated heterocycles. The molecular formula is C21H29N3O. The van der Waals surface area contributed by atoms with Gasteiger partial charge in [-0.1, -0.05) is 25.1 Å². The quantitative estimate of drug-likeness (QED) is 0.848. The Morgan fingerprint density at radius 2 is 2.12 bits per heavy atom. The van der Waals surface area contributed by atoms with Gasteiger partial charge in [-0.25, -0.2) is 0 Å². The van der Waals surface area contributed by atoms with Crippen molar-refractivity contribution in [3.8, 4) is 0 Å². The molecule has 0 radical (unpaired) electrons. The molecule has 2 aliphatic rings. The number of para-hydroxylation sites is 1. The van der Waals surface area contributed by atoms with Crippen molar-refractivity contribution in [1.29, 1.82) is 0 Å². The van der Waals surface area contributed by atoms with Crippen LogP contribution < -0.4 is 5.32 Å². The summed E-state index contributed by atoms with van der Waals surface area (Å²) in [6.07, 6.45) is 7.69. The lowest BCUT2D eigenvalue weighted by Crippen LogP contribution is -2.37. The number of nitrogens with one attached hydrogen (secondary N) is 2. The molecular weight excluding hydrogens is 310 g/mol. The van der Waals surface area contributed by atoms with E-state index in [1.165, 1.54) is 55.4 Å². The van der Waals surface area contributed by atoms with Crippen LogP contribution in [0.3, 0.4) is 0 Å². The lowest BCUT2D eigenvalue weighted by atomic mass is 9.90. The number of aromatic amines is 1. The number of amides is 1. The summed E-state index contributed by atoms with van der Waals surface area (Å²) >= 11 is 0. The number of carbonyl (C=O) groups is 1. The summed E-state index contributed by atoms with van der Waals surface area (Å²) in [5, 5.41) is 4.46. The number of benzene rings is 1. The number of aromatic nitrogens is 1. The number of fused-ring (bicyclic) bond motifs is 1. The second-order valence-corrected chi connectivity index (χ2v) is 7.86. The van der Waals surface area contributed by atoms with Gasteiger partial charge in [-0.3, -0.25) is 4.79 Å². The third kappa shape index (κ3) is 3.32. The predicted molar refractivity (Wildman–Crippen MR) is 102 cm³/mol. The van der Waals surface area contributed by atoms with E-state index in [0.717, 1.165) is 19.4 Å². The van der Waals surface area contributed by atoms with Crippen LogP contribution in [0, 0.1) is 11.3 Å². The highest BCUT2D eigenvalue weighted by Gasteiger charge is 2.58. The van der Waals surface area contributed by atoms with Crippen molar-refractivity contribution in [2.75, 3.05) is 26.2 Å². The maximum Gasteiger partial charge on any atom is 0.223 e. The van der Waals surface area contributed by atoms with Gasteiger partial charge in [0.1, 0.15) is 0 Å². The van der Waals surface area contributed by atoms with E-state index < -0.39 is 0 Å². The van der Waals surface area contributed by atoms with Crippen molar-refractivity contribution < 1.29 is 4.79 Å². The van der Waals surface area contributed by atoms with E-state index >= 15 is 0 Å². The lowest BCUT2D eigenvalue weighted by Gasteiger charge is -2.32. The average Bonchev–Trinajstić information content (AvgIpc) is 3.18. The third-order valence-electron chi connectivity index (χ3n) is 6.27. The first-order valence-corrected chi connectivity index (χ1v) is 9.77. The monoisotopic (exact) mass is 339 g/mol. The molecule has 1 unspecified atom stereocenters. The standard InChI is InChI=1S/C21H29N3O/c1-2-11-24-12-8-21(9-13-24)14-18(21)20(25)22-10-7-16-15-23-19-6-4-3-5-17(16)19/h3-6,15,18,23H,2,7-14H2,1H3,(H,22,25). The number of H-pyrrole nitrogens is 1. The second kappa shape index (κ2) is 6.83. The maximum absolute atomic E-state index is 12.5. The molecule has 4 nitrogen and oxygen atoms in total. The molecule has 0 bridgehead atoms. The van der Waals surface area contributed by atoms with E-state index in [0.29, 0.717) is 5.41 Å². The molecule has 1 amide bonds. The van der Waals surface area contributed by atoms with Gasteiger partial charge < -0.3 is 15.2 Å². The molecule has 1 aliphatic carbocycles. The summed E-state index contributed by atoms with van der Waals surface area (Å²) in [4.78, 5) is 18.4. The fraction of sp³-hybridized carbons (Fsp3) is 0.571. The summed E-state index contributed by atoms with van der Waals surface area (Å²) in [5.74, 6) is 0.544. The van der Waals surface area contributed by atoms with Crippen molar-refractivity contribution in [1.82, 2.24) is 15.2 Å². The number of likely N-dealkylation sites (tertiary alicyclic amines) is 1. The molecule has 25 heavy (non-hydrogen) atoms. The number of nitrogens with zero attached hydrogens (tertiary/aromatic N) is 1. The fourth-order valence-corrected chi connectivity index (χ4v) is 4.59. The first-order chi connectivity index (χ1) is 12.2. The van der Waals surface area contributed by atoms with E-state index in [9.17, 15) is 4.79 Å². The SMILES string of the molecule is CCCN1CCC2(CC1)CC2C(=O)NCCc1c[nH]c2ccccc12. The van der Waals surface area contributed by atoms with Crippen LogP contribution in [0.5, 0.6) is 0 Å². The highest BCUT2D eigenvalue weighted by Crippen LogP contribution is 2.59. The van der Waals surface area contributed by atoms with E-state index in [4.69, 9.17) is 0 Å². The Morgan fingerprint density at radius 1 is 1.32 bits per heavy atom. The Labute approximate surface area is 150 Å². The van der Waals surface area contributed by atoms with Gasteiger partial charge in [-0.15, -0.1) is 0 Å². The van der Waals surface area contributed by atoms with Gasteiger partial charge >= 0.3 is 0 Å². The van der Waals surface area contributed by atoms with Gasteiger partial charge in [-0.05, 0) is 68.8 Å². The highest BCUT2D eigenvalue weighted by molar-refractivity contribution is 5.84. The van der Waals surface area contributed by atoms with Gasteiger partial charge in [0.25, 0.3) is 0 Å². The molecule has 1 spiro atoms. The van der Waals surface area contributed by atoms with E-state index in [2.05, 4.69) is 46.5 Å². The zero-order valence-electron chi connectivity index (χ0n) is 15.2. The number of hydrogen-bond donors (Lipinski definition) is 2. The molecule has 2 aromatic rings. The van der Waals surface area contributed by atoms with Crippen molar-refractivity contribution in [3.63, 3.8) is 0 Å². The summed E-state index contributed by atoms with van der Waals surface area (Å²) < 4.78 is 0. The normalized spacial score (nSPS) is 22.4. The molecule has 1 aliphatic heterocycles. The number of carbonyl (C=O) groups excluding carboxylic acids is 1. The Hall–Kier alpha value is -1.81. The van der Waals surface area contributed by atoms with Crippen LogP contribution in [-0.4, -0.2) is 42.0 Å². The van der Waals surface area contributed by atoms with Crippen molar-refractivity contribution in [2.45, 2.75) is 39.0 Å². The molecule has 1 aromatic carbocycles. The Morgan fingerprint density at radius 3 is 2.92 bits per heavy atom. The Kier molecular flexibility index (Phi) is 4.55. The summed E-state index contributed by atoms with van der Waals surface area (Å²) in [6, 6.07) is 8.35. The molecule has 1 aromatic heterocycles. The fourth-order valence-electron chi connectivity index (χ4n) is 4.59. The van der Waals surface area contributed by atoms with Crippen LogP contribution in [-0.2, 0) is 11.2 Å². The molecule has 4 heteroatoms.